The zero-order chi connectivity index (χ0) is 11.4. The smallest absolute Gasteiger partial charge is 0.325 e. The molecule has 0 radical (unpaired) electrons. The Morgan fingerprint density at radius 3 is 2.40 bits per heavy atom. The van der Waals surface area contributed by atoms with E-state index in [0.717, 1.165) is 12.1 Å². The Bertz CT molecular complexity index is 350. The highest BCUT2D eigenvalue weighted by Gasteiger charge is 2.14. The molecule has 1 unspecified atom stereocenters. The highest BCUT2D eigenvalue weighted by Crippen LogP contribution is 2.16. The number of benzene rings is 1. The average Bonchev–Trinajstić information content (AvgIpc) is 2.12. The van der Waals surface area contributed by atoms with Gasteiger partial charge in [-0.05, 0) is 0 Å². The molecule has 0 fully saturated rings. The lowest BCUT2D eigenvalue weighted by molar-refractivity contribution is -0.137. The third kappa shape index (κ3) is 3.71. The summed E-state index contributed by atoms with van der Waals surface area (Å²) in [5.41, 5.74) is 0. The van der Waals surface area contributed by atoms with Crippen molar-refractivity contribution in [3.05, 3.63) is 29.8 Å². The molecule has 0 saturated carbocycles. The Morgan fingerprint density at radius 1 is 1.40 bits per heavy atom. The normalized spacial score (nSPS) is 12.2. The molecule has 0 saturated heterocycles. The number of halogens is 3. The summed E-state index contributed by atoms with van der Waals surface area (Å²) in [5.74, 6) is -2.95. The fraction of sp³-hybridized carbons (Fsp3) is 0.222. The molecule has 1 aromatic rings. The number of alkyl halides is 1. The lowest BCUT2D eigenvalue weighted by Gasteiger charge is -2.07. The molecule has 15 heavy (non-hydrogen) atoms. The van der Waals surface area contributed by atoms with Crippen LogP contribution >= 0.6 is 11.6 Å². The molecule has 1 N–H and O–H groups in total. The zero-order valence-corrected chi connectivity index (χ0v) is 8.17. The van der Waals surface area contributed by atoms with Crippen LogP contribution in [0.1, 0.15) is 0 Å². The fourth-order valence-electron chi connectivity index (χ4n) is 0.853. The van der Waals surface area contributed by atoms with Crippen LogP contribution in [0, 0.1) is 11.6 Å². The van der Waals surface area contributed by atoms with Gasteiger partial charge >= 0.3 is 5.97 Å². The van der Waals surface area contributed by atoms with Crippen molar-refractivity contribution in [3.63, 3.8) is 0 Å². The van der Waals surface area contributed by atoms with E-state index in [0.29, 0.717) is 6.07 Å². The molecule has 0 aliphatic carbocycles. The standard InChI is InChI=1S/C9H7ClF2O3/c10-8(9(13)14)4-15-7-2-5(11)1-6(12)3-7/h1-3,8H,4H2,(H,13,14). The lowest BCUT2D eigenvalue weighted by Crippen LogP contribution is -2.21. The summed E-state index contributed by atoms with van der Waals surface area (Å²) < 4.78 is 30.1. The van der Waals surface area contributed by atoms with Crippen molar-refractivity contribution in [2.45, 2.75) is 5.38 Å². The highest BCUT2D eigenvalue weighted by atomic mass is 35.5. The van der Waals surface area contributed by atoms with Crippen LogP contribution in [0.15, 0.2) is 18.2 Å². The maximum absolute atomic E-state index is 12.6. The maximum Gasteiger partial charge on any atom is 0.325 e. The van der Waals surface area contributed by atoms with Crippen molar-refractivity contribution < 1.29 is 23.4 Å². The van der Waals surface area contributed by atoms with Crippen LogP contribution in [0.2, 0.25) is 0 Å². The molecule has 0 aliphatic rings. The number of rotatable bonds is 4. The zero-order valence-electron chi connectivity index (χ0n) is 7.41. The number of hydrogen-bond acceptors (Lipinski definition) is 2. The summed E-state index contributed by atoms with van der Waals surface area (Å²) in [7, 11) is 0. The number of aliphatic carboxylic acids is 1. The Hall–Kier alpha value is -1.36. The third-order valence-corrected chi connectivity index (χ3v) is 1.81. The van der Waals surface area contributed by atoms with E-state index < -0.39 is 23.0 Å². The van der Waals surface area contributed by atoms with Crippen molar-refractivity contribution in [3.8, 4) is 5.75 Å². The average molecular weight is 237 g/mol. The summed E-state index contributed by atoms with van der Waals surface area (Å²) in [6.07, 6.45) is 0. The summed E-state index contributed by atoms with van der Waals surface area (Å²) in [6, 6.07) is 2.56. The van der Waals surface area contributed by atoms with Gasteiger partial charge in [0.05, 0.1) is 0 Å². The second-order valence-electron chi connectivity index (χ2n) is 2.72. The van der Waals surface area contributed by atoms with Crippen molar-refractivity contribution in [2.75, 3.05) is 6.61 Å². The first-order chi connectivity index (χ1) is 6.99. The second kappa shape index (κ2) is 4.93. The molecule has 1 rings (SSSR count). The first kappa shape index (κ1) is 11.7. The van der Waals surface area contributed by atoms with E-state index in [9.17, 15) is 13.6 Å². The van der Waals surface area contributed by atoms with Gasteiger partial charge in [-0.2, -0.15) is 0 Å². The summed E-state index contributed by atoms with van der Waals surface area (Å²) in [4.78, 5) is 10.3. The van der Waals surface area contributed by atoms with Crippen LogP contribution in [0.5, 0.6) is 5.75 Å². The minimum Gasteiger partial charge on any atom is -0.491 e. The number of hydrogen-bond donors (Lipinski definition) is 1. The van der Waals surface area contributed by atoms with Gasteiger partial charge in [-0.1, -0.05) is 0 Å². The summed E-state index contributed by atoms with van der Waals surface area (Å²) in [5, 5.41) is 7.16. The van der Waals surface area contributed by atoms with Gasteiger partial charge in [-0.3, -0.25) is 4.79 Å². The van der Waals surface area contributed by atoms with Crippen molar-refractivity contribution in [2.24, 2.45) is 0 Å². The van der Waals surface area contributed by atoms with Crippen molar-refractivity contribution >= 4 is 17.6 Å². The Morgan fingerprint density at radius 2 is 1.93 bits per heavy atom. The van der Waals surface area contributed by atoms with E-state index in [1.807, 2.05) is 0 Å². The minimum atomic E-state index is -1.26. The van der Waals surface area contributed by atoms with E-state index in [2.05, 4.69) is 0 Å². The van der Waals surface area contributed by atoms with Crippen LogP contribution in [-0.4, -0.2) is 23.1 Å². The molecule has 0 aromatic heterocycles. The van der Waals surface area contributed by atoms with Gasteiger partial charge in [-0.15, -0.1) is 11.6 Å². The molecular formula is C9H7ClF2O3. The van der Waals surface area contributed by atoms with Crippen LogP contribution in [0.3, 0.4) is 0 Å². The summed E-state index contributed by atoms with van der Waals surface area (Å²) in [6.45, 7) is -0.361. The van der Waals surface area contributed by atoms with Crippen LogP contribution in [0.25, 0.3) is 0 Å². The van der Waals surface area contributed by atoms with Gasteiger partial charge in [0.15, 0.2) is 5.38 Å². The molecule has 0 heterocycles. The second-order valence-corrected chi connectivity index (χ2v) is 3.25. The van der Waals surface area contributed by atoms with Crippen LogP contribution < -0.4 is 4.74 Å². The predicted molar refractivity (Wildman–Crippen MR) is 49.1 cm³/mol. The Balaban J connectivity index is 2.61. The highest BCUT2D eigenvalue weighted by molar-refractivity contribution is 6.29. The van der Waals surface area contributed by atoms with Crippen LogP contribution in [0.4, 0.5) is 8.78 Å². The summed E-state index contributed by atoms with van der Waals surface area (Å²) >= 11 is 5.33. The first-order valence-electron chi connectivity index (χ1n) is 3.95. The molecule has 0 aliphatic heterocycles. The predicted octanol–water partition coefficient (Wildman–Crippen LogP) is 2.04. The van der Waals surface area contributed by atoms with E-state index in [-0.39, 0.29) is 12.4 Å². The molecule has 0 spiro atoms. The van der Waals surface area contributed by atoms with E-state index in [1.165, 1.54) is 0 Å². The largest absolute Gasteiger partial charge is 0.491 e. The Kier molecular flexibility index (Phi) is 3.85. The molecule has 3 nitrogen and oxygen atoms in total. The monoisotopic (exact) mass is 236 g/mol. The number of carboxylic acids is 1. The lowest BCUT2D eigenvalue weighted by atomic mass is 10.3. The maximum atomic E-state index is 12.6. The molecule has 6 heteroatoms. The van der Waals surface area contributed by atoms with Gasteiger partial charge in [0.2, 0.25) is 0 Å². The van der Waals surface area contributed by atoms with Crippen molar-refractivity contribution in [1.82, 2.24) is 0 Å². The molecule has 1 aromatic carbocycles. The molecular weight excluding hydrogens is 230 g/mol. The van der Waals surface area contributed by atoms with E-state index in [4.69, 9.17) is 21.4 Å². The number of carboxylic acid groups (broad SMARTS) is 1. The molecule has 82 valence electrons. The van der Waals surface area contributed by atoms with Gasteiger partial charge in [0, 0.05) is 18.2 Å². The first-order valence-corrected chi connectivity index (χ1v) is 4.38. The number of carbonyl (C=O) groups is 1. The van der Waals surface area contributed by atoms with E-state index >= 15 is 0 Å². The SMILES string of the molecule is O=C(O)C(Cl)COc1cc(F)cc(F)c1. The van der Waals surface area contributed by atoms with Gasteiger partial charge in [0.1, 0.15) is 24.0 Å². The topological polar surface area (TPSA) is 46.5 Å². The molecule has 1 atom stereocenters. The fourth-order valence-corrected chi connectivity index (χ4v) is 0.916. The Labute approximate surface area is 89.2 Å². The molecule has 0 amide bonds. The van der Waals surface area contributed by atoms with Gasteiger partial charge < -0.3 is 9.84 Å². The van der Waals surface area contributed by atoms with Gasteiger partial charge in [0.25, 0.3) is 0 Å². The third-order valence-electron chi connectivity index (χ3n) is 1.50. The number of ether oxygens (including phenoxy) is 1. The molecule has 0 bridgehead atoms. The van der Waals surface area contributed by atoms with Crippen molar-refractivity contribution in [1.29, 1.82) is 0 Å². The van der Waals surface area contributed by atoms with Crippen LogP contribution in [-0.2, 0) is 4.79 Å². The van der Waals surface area contributed by atoms with Gasteiger partial charge in [-0.25, -0.2) is 8.78 Å². The quantitative estimate of drug-likeness (QED) is 0.814. The van der Waals surface area contributed by atoms with E-state index in [1.54, 1.807) is 0 Å². The minimum absolute atomic E-state index is 0.0978.